The molecule has 5 rings (SSSR count). The lowest BCUT2D eigenvalue weighted by Gasteiger charge is -2.33. The van der Waals surface area contributed by atoms with Crippen LogP contribution in [0.25, 0.3) is 11.4 Å². The van der Waals surface area contributed by atoms with Crippen LogP contribution in [0, 0.1) is 0 Å². The highest BCUT2D eigenvalue weighted by Gasteiger charge is 2.38. The van der Waals surface area contributed by atoms with Crippen LogP contribution in [-0.2, 0) is 9.53 Å². The number of carbonyl (C=O) groups excluding carboxylic acids is 1. The van der Waals surface area contributed by atoms with Crippen LogP contribution in [0.3, 0.4) is 0 Å². The summed E-state index contributed by atoms with van der Waals surface area (Å²) in [7, 11) is 0. The number of carbonyl (C=O) groups is 1. The molecule has 1 amide bonds. The molecule has 0 unspecified atom stereocenters. The molecule has 3 atom stereocenters. The molecule has 2 N–H and O–H groups in total. The lowest BCUT2D eigenvalue weighted by Crippen LogP contribution is -2.45. The second kappa shape index (κ2) is 8.90. The molecule has 2 aromatic carbocycles. The summed E-state index contributed by atoms with van der Waals surface area (Å²) in [6.45, 7) is 1.28. The number of halogens is 1. The van der Waals surface area contributed by atoms with Crippen molar-refractivity contribution in [1.29, 1.82) is 0 Å². The Morgan fingerprint density at radius 2 is 2.00 bits per heavy atom. The van der Waals surface area contributed by atoms with Gasteiger partial charge in [-0.15, -0.1) is 10.2 Å². The van der Waals surface area contributed by atoms with E-state index >= 15 is 0 Å². The normalized spacial score (nSPS) is 22.5. The largest absolute Gasteiger partial charge is 0.376 e. The fourth-order valence-electron chi connectivity index (χ4n) is 3.87. The van der Waals surface area contributed by atoms with E-state index in [4.69, 9.17) is 16.3 Å². The zero-order valence-electron chi connectivity index (χ0n) is 16.7. The first-order valence-electron chi connectivity index (χ1n) is 10.3. The highest BCUT2D eigenvalue weighted by Crippen LogP contribution is 2.38. The first-order valence-corrected chi connectivity index (χ1v) is 11.5. The summed E-state index contributed by atoms with van der Waals surface area (Å²) < 4.78 is 7.51. The van der Waals surface area contributed by atoms with E-state index in [-0.39, 0.29) is 18.1 Å². The number of amides is 1. The van der Waals surface area contributed by atoms with Crippen LogP contribution in [-0.4, -0.2) is 45.3 Å². The van der Waals surface area contributed by atoms with Gasteiger partial charge in [0.25, 0.3) is 0 Å². The van der Waals surface area contributed by atoms with Crippen molar-refractivity contribution in [2.24, 2.45) is 0 Å². The average molecular weight is 456 g/mol. The molecule has 2 aliphatic rings. The maximum absolute atomic E-state index is 13.2. The molecule has 7 nitrogen and oxygen atoms in total. The summed E-state index contributed by atoms with van der Waals surface area (Å²) >= 11 is 7.51. The van der Waals surface area contributed by atoms with Gasteiger partial charge >= 0.3 is 0 Å². The lowest BCUT2D eigenvalue weighted by molar-refractivity contribution is -0.121. The van der Waals surface area contributed by atoms with Crippen LogP contribution in [0.4, 0.5) is 0 Å². The number of rotatable bonds is 5. The molecular weight excluding hydrogens is 434 g/mol. The monoisotopic (exact) mass is 455 g/mol. The third kappa shape index (κ3) is 4.28. The minimum absolute atomic E-state index is 0.0524. The lowest BCUT2D eigenvalue weighted by atomic mass is 10.0. The van der Waals surface area contributed by atoms with E-state index in [0.717, 1.165) is 30.6 Å². The minimum Gasteiger partial charge on any atom is -0.376 e. The number of ether oxygens (including phenoxy) is 1. The molecule has 9 heteroatoms. The van der Waals surface area contributed by atoms with Crippen molar-refractivity contribution in [3.8, 4) is 11.4 Å². The Hall–Kier alpha value is -2.55. The number of hydrogen-bond acceptors (Lipinski definition) is 6. The van der Waals surface area contributed by atoms with Crippen molar-refractivity contribution < 1.29 is 9.53 Å². The van der Waals surface area contributed by atoms with Gasteiger partial charge in [-0.1, -0.05) is 65.8 Å². The van der Waals surface area contributed by atoms with Crippen molar-refractivity contribution in [3.63, 3.8) is 0 Å². The van der Waals surface area contributed by atoms with Crippen LogP contribution < -0.4 is 10.7 Å². The Balaban J connectivity index is 1.44. The first kappa shape index (κ1) is 20.4. The zero-order chi connectivity index (χ0) is 21.2. The van der Waals surface area contributed by atoms with Crippen molar-refractivity contribution in [2.45, 2.75) is 35.4 Å². The summed E-state index contributed by atoms with van der Waals surface area (Å²) in [4.78, 5) is 13.2. The Morgan fingerprint density at radius 1 is 1.19 bits per heavy atom. The SMILES string of the molecule is O=C(NC[C@@H]1CCCO1)[C@H]1Sc2nnc(-c3ccccc3)n2N[C@H]1c1ccc(Cl)cc1. The van der Waals surface area contributed by atoms with Gasteiger partial charge in [-0.2, -0.15) is 0 Å². The van der Waals surface area contributed by atoms with Crippen molar-refractivity contribution in [1.82, 2.24) is 20.2 Å². The van der Waals surface area contributed by atoms with E-state index in [1.165, 1.54) is 11.8 Å². The van der Waals surface area contributed by atoms with E-state index in [9.17, 15) is 4.79 Å². The molecule has 3 heterocycles. The van der Waals surface area contributed by atoms with Gasteiger partial charge in [0.2, 0.25) is 11.1 Å². The molecule has 31 heavy (non-hydrogen) atoms. The molecule has 0 spiro atoms. The number of aromatic nitrogens is 3. The van der Waals surface area contributed by atoms with Gasteiger partial charge in [0, 0.05) is 23.7 Å². The summed E-state index contributed by atoms with van der Waals surface area (Å²) in [5.41, 5.74) is 5.39. The first-order chi connectivity index (χ1) is 15.2. The van der Waals surface area contributed by atoms with Gasteiger partial charge in [0.1, 0.15) is 5.25 Å². The van der Waals surface area contributed by atoms with Gasteiger partial charge < -0.3 is 15.5 Å². The molecule has 0 radical (unpaired) electrons. The summed E-state index contributed by atoms with van der Waals surface area (Å²) in [5.74, 6) is 0.656. The van der Waals surface area contributed by atoms with Crippen LogP contribution in [0.2, 0.25) is 5.02 Å². The summed E-state index contributed by atoms with van der Waals surface area (Å²) in [6, 6.07) is 17.1. The number of nitrogens with zero attached hydrogens (tertiary/aromatic N) is 3. The highest BCUT2D eigenvalue weighted by molar-refractivity contribution is 8.00. The Kier molecular flexibility index (Phi) is 5.85. The summed E-state index contributed by atoms with van der Waals surface area (Å²) in [6.07, 6.45) is 2.11. The van der Waals surface area contributed by atoms with Gasteiger partial charge in [0.05, 0.1) is 12.1 Å². The van der Waals surface area contributed by atoms with E-state index in [1.807, 2.05) is 59.3 Å². The molecule has 1 aromatic heterocycles. The van der Waals surface area contributed by atoms with E-state index in [2.05, 4.69) is 20.9 Å². The predicted molar refractivity (Wildman–Crippen MR) is 121 cm³/mol. The Morgan fingerprint density at radius 3 is 2.74 bits per heavy atom. The van der Waals surface area contributed by atoms with Gasteiger partial charge in [0.15, 0.2) is 5.82 Å². The van der Waals surface area contributed by atoms with Crippen molar-refractivity contribution in [3.05, 3.63) is 65.2 Å². The third-order valence-electron chi connectivity index (χ3n) is 5.48. The summed E-state index contributed by atoms with van der Waals surface area (Å²) in [5, 5.41) is 12.7. The molecule has 1 fully saturated rings. The van der Waals surface area contributed by atoms with Crippen molar-refractivity contribution >= 4 is 29.3 Å². The number of thioether (sulfide) groups is 1. The Labute approximate surface area is 189 Å². The topological polar surface area (TPSA) is 81.1 Å². The molecule has 1 saturated heterocycles. The Bertz CT molecular complexity index is 1050. The van der Waals surface area contributed by atoms with E-state index < -0.39 is 5.25 Å². The third-order valence-corrected chi connectivity index (χ3v) is 6.95. The maximum atomic E-state index is 13.2. The van der Waals surface area contributed by atoms with E-state index in [0.29, 0.717) is 22.5 Å². The number of benzene rings is 2. The van der Waals surface area contributed by atoms with Crippen LogP contribution >= 0.6 is 23.4 Å². The fourth-order valence-corrected chi connectivity index (χ4v) is 5.10. The molecule has 3 aromatic rings. The quantitative estimate of drug-likeness (QED) is 0.611. The van der Waals surface area contributed by atoms with Gasteiger partial charge in [-0.3, -0.25) is 4.79 Å². The molecule has 160 valence electrons. The number of nitrogens with one attached hydrogen (secondary N) is 2. The molecule has 0 saturated carbocycles. The van der Waals surface area contributed by atoms with Crippen molar-refractivity contribution in [2.75, 3.05) is 18.6 Å². The predicted octanol–water partition coefficient (Wildman–Crippen LogP) is 3.65. The highest BCUT2D eigenvalue weighted by atomic mass is 35.5. The fraction of sp³-hybridized carbons (Fsp3) is 0.318. The second-order valence-corrected chi connectivity index (χ2v) is 9.13. The average Bonchev–Trinajstić information content (AvgIpc) is 3.47. The minimum atomic E-state index is -0.414. The van der Waals surface area contributed by atoms with E-state index in [1.54, 1.807) is 0 Å². The molecular formula is C22H22ClN5O2S. The van der Waals surface area contributed by atoms with Gasteiger partial charge in [-0.25, -0.2) is 4.68 Å². The second-order valence-electron chi connectivity index (χ2n) is 7.58. The molecule has 0 aliphatic carbocycles. The zero-order valence-corrected chi connectivity index (χ0v) is 18.3. The smallest absolute Gasteiger partial charge is 0.236 e. The van der Waals surface area contributed by atoms with Crippen LogP contribution in [0.1, 0.15) is 24.4 Å². The van der Waals surface area contributed by atoms with Crippen LogP contribution in [0.15, 0.2) is 59.8 Å². The van der Waals surface area contributed by atoms with Crippen LogP contribution in [0.5, 0.6) is 0 Å². The molecule has 0 bridgehead atoms. The maximum Gasteiger partial charge on any atom is 0.236 e. The standard InChI is InChI=1S/C22H22ClN5O2S/c23-16-10-8-14(9-11-16)18-19(21(29)24-13-17-7-4-12-30-17)31-22-26-25-20(28(22)27-18)15-5-2-1-3-6-15/h1-3,5-6,8-11,17-19,27H,4,7,12-13H2,(H,24,29)/t17-,18-,19-/m0/s1. The number of fused-ring (bicyclic) bond motifs is 1. The number of hydrogen-bond donors (Lipinski definition) is 2. The van der Waals surface area contributed by atoms with Gasteiger partial charge in [-0.05, 0) is 30.5 Å². The molecule has 2 aliphatic heterocycles.